The summed E-state index contributed by atoms with van der Waals surface area (Å²) < 4.78 is 7.23. The third-order valence-electron chi connectivity index (χ3n) is 5.24. The zero-order valence-electron chi connectivity index (χ0n) is 17.4. The van der Waals surface area contributed by atoms with Gasteiger partial charge in [-0.1, -0.05) is 42.1 Å². The standard InChI is InChI=1S/C23H25N3O3S2/c1-2-29-23(28)26-13-11-17(12-14-26)24-21(27)18-8-4-3-7-16(18)15-30-22-25-19-9-5-6-10-20(19)31-22/h3-10,17H,2,11-15H2,1H3,(H,24,27). The molecule has 1 aliphatic rings. The number of ether oxygens (including phenoxy) is 1. The quantitative estimate of drug-likeness (QED) is 0.533. The van der Waals surface area contributed by atoms with Crippen LogP contribution < -0.4 is 5.32 Å². The molecule has 2 aromatic carbocycles. The number of benzene rings is 2. The molecule has 1 aromatic heterocycles. The largest absolute Gasteiger partial charge is 0.450 e. The Morgan fingerprint density at radius 2 is 1.90 bits per heavy atom. The van der Waals surface area contributed by atoms with Gasteiger partial charge in [0.25, 0.3) is 5.91 Å². The van der Waals surface area contributed by atoms with E-state index in [4.69, 9.17) is 4.74 Å². The Bertz CT molecular complexity index is 1030. The first-order chi connectivity index (χ1) is 15.1. The van der Waals surface area contributed by atoms with E-state index in [1.54, 1.807) is 34.9 Å². The van der Waals surface area contributed by atoms with Crippen LogP contribution in [0.4, 0.5) is 4.79 Å². The first-order valence-corrected chi connectivity index (χ1v) is 12.2. The van der Waals surface area contributed by atoms with Crippen LogP contribution in [0.3, 0.4) is 0 Å². The Labute approximate surface area is 190 Å². The lowest BCUT2D eigenvalue weighted by molar-refractivity contribution is 0.0859. The van der Waals surface area contributed by atoms with E-state index in [-0.39, 0.29) is 18.0 Å². The highest BCUT2D eigenvalue weighted by atomic mass is 32.2. The minimum absolute atomic E-state index is 0.0585. The van der Waals surface area contributed by atoms with E-state index in [0.29, 0.717) is 31.0 Å². The number of nitrogens with one attached hydrogen (secondary N) is 1. The van der Waals surface area contributed by atoms with Crippen molar-refractivity contribution in [1.29, 1.82) is 0 Å². The summed E-state index contributed by atoms with van der Waals surface area (Å²) in [6.07, 6.45) is 1.19. The number of thioether (sulfide) groups is 1. The van der Waals surface area contributed by atoms with Gasteiger partial charge in [-0.15, -0.1) is 11.3 Å². The lowest BCUT2D eigenvalue weighted by Crippen LogP contribution is -2.46. The van der Waals surface area contributed by atoms with Gasteiger partial charge in [0.1, 0.15) is 0 Å². The predicted molar refractivity (Wildman–Crippen MR) is 125 cm³/mol. The van der Waals surface area contributed by atoms with Crippen molar-refractivity contribution in [2.75, 3.05) is 19.7 Å². The number of nitrogens with zero attached hydrogens (tertiary/aromatic N) is 2. The SMILES string of the molecule is CCOC(=O)N1CCC(NC(=O)c2ccccc2CSc2nc3ccccc3s2)CC1. The molecule has 3 aromatic rings. The van der Waals surface area contributed by atoms with Crippen molar-refractivity contribution in [3.63, 3.8) is 0 Å². The van der Waals surface area contributed by atoms with Gasteiger partial charge in [-0.25, -0.2) is 9.78 Å². The molecule has 0 saturated carbocycles. The molecule has 0 spiro atoms. The summed E-state index contributed by atoms with van der Waals surface area (Å²) in [7, 11) is 0. The molecule has 1 saturated heterocycles. The maximum atomic E-state index is 13.0. The molecule has 1 N–H and O–H groups in total. The molecule has 2 amide bonds. The van der Waals surface area contributed by atoms with Gasteiger partial charge in [0, 0.05) is 30.4 Å². The highest BCUT2D eigenvalue weighted by Crippen LogP contribution is 2.32. The van der Waals surface area contributed by atoms with Crippen molar-refractivity contribution >= 4 is 45.3 Å². The summed E-state index contributed by atoms with van der Waals surface area (Å²) in [4.78, 5) is 31.2. The molecule has 1 aliphatic heterocycles. The molecule has 0 bridgehead atoms. The Morgan fingerprint density at radius 1 is 1.16 bits per heavy atom. The van der Waals surface area contributed by atoms with E-state index in [1.807, 2.05) is 42.5 Å². The molecule has 0 aliphatic carbocycles. The Balaban J connectivity index is 1.35. The number of rotatable bonds is 6. The number of piperidine rings is 1. The van der Waals surface area contributed by atoms with Gasteiger partial charge in [-0.05, 0) is 43.5 Å². The van der Waals surface area contributed by atoms with E-state index in [1.165, 1.54) is 4.70 Å². The number of carbonyl (C=O) groups is 2. The average molecular weight is 456 g/mol. The van der Waals surface area contributed by atoms with Crippen LogP contribution in [0.15, 0.2) is 52.9 Å². The van der Waals surface area contributed by atoms with Crippen LogP contribution in [0, 0.1) is 0 Å². The monoisotopic (exact) mass is 455 g/mol. The van der Waals surface area contributed by atoms with Gasteiger partial charge in [0.15, 0.2) is 4.34 Å². The minimum Gasteiger partial charge on any atom is -0.450 e. The van der Waals surface area contributed by atoms with Gasteiger partial charge in [-0.3, -0.25) is 4.79 Å². The fraction of sp³-hybridized carbons (Fsp3) is 0.348. The number of amides is 2. The Morgan fingerprint density at radius 3 is 2.68 bits per heavy atom. The third-order valence-corrected chi connectivity index (χ3v) is 7.47. The van der Waals surface area contributed by atoms with E-state index in [9.17, 15) is 9.59 Å². The van der Waals surface area contributed by atoms with Crippen LogP contribution in [0.25, 0.3) is 10.2 Å². The molecule has 162 valence electrons. The normalized spacial score (nSPS) is 14.5. The van der Waals surface area contributed by atoms with Crippen molar-refractivity contribution in [3.8, 4) is 0 Å². The van der Waals surface area contributed by atoms with Crippen LogP contribution in [0.2, 0.25) is 0 Å². The number of hydrogen-bond donors (Lipinski definition) is 1. The number of para-hydroxylation sites is 1. The Hall–Kier alpha value is -2.58. The number of fused-ring (bicyclic) bond motifs is 1. The minimum atomic E-state index is -0.274. The molecule has 1 fully saturated rings. The molecule has 0 atom stereocenters. The van der Waals surface area contributed by atoms with E-state index >= 15 is 0 Å². The summed E-state index contributed by atoms with van der Waals surface area (Å²) in [5.74, 6) is 0.625. The highest BCUT2D eigenvalue weighted by molar-refractivity contribution is 8.00. The van der Waals surface area contributed by atoms with Crippen molar-refractivity contribution < 1.29 is 14.3 Å². The maximum absolute atomic E-state index is 13.0. The number of likely N-dealkylation sites (tertiary alicyclic amines) is 1. The maximum Gasteiger partial charge on any atom is 0.409 e. The van der Waals surface area contributed by atoms with Crippen LogP contribution in [0.1, 0.15) is 35.7 Å². The van der Waals surface area contributed by atoms with Crippen LogP contribution in [-0.4, -0.2) is 47.6 Å². The lowest BCUT2D eigenvalue weighted by atomic mass is 10.0. The van der Waals surface area contributed by atoms with Gasteiger partial charge >= 0.3 is 6.09 Å². The number of aromatic nitrogens is 1. The summed E-state index contributed by atoms with van der Waals surface area (Å²) in [6.45, 7) is 3.37. The lowest BCUT2D eigenvalue weighted by Gasteiger charge is -2.31. The van der Waals surface area contributed by atoms with E-state index in [0.717, 1.165) is 28.3 Å². The second-order valence-electron chi connectivity index (χ2n) is 7.33. The second kappa shape index (κ2) is 10.2. The summed E-state index contributed by atoms with van der Waals surface area (Å²) in [6, 6.07) is 15.9. The molecule has 0 radical (unpaired) electrons. The molecular weight excluding hydrogens is 430 g/mol. The zero-order chi connectivity index (χ0) is 21.6. The van der Waals surface area contributed by atoms with Crippen LogP contribution in [0.5, 0.6) is 0 Å². The molecule has 4 rings (SSSR count). The first kappa shape index (κ1) is 21.6. The number of thiazole rings is 1. The number of hydrogen-bond acceptors (Lipinski definition) is 6. The fourth-order valence-corrected chi connectivity index (χ4v) is 5.68. The average Bonchev–Trinajstić information content (AvgIpc) is 3.21. The van der Waals surface area contributed by atoms with Gasteiger partial charge in [0.2, 0.25) is 0 Å². The smallest absolute Gasteiger partial charge is 0.409 e. The van der Waals surface area contributed by atoms with Crippen LogP contribution >= 0.6 is 23.1 Å². The summed E-state index contributed by atoms with van der Waals surface area (Å²) in [5, 5.41) is 3.15. The van der Waals surface area contributed by atoms with E-state index < -0.39 is 0 Å². The molecular formula is C23H25N3O3S2. The molecule has 6 nitrogen and oxygen atoms in total. The first-order valence-electron chi connectivity index (χ1n) is 10.4. The third kappa shape index (κ3) is 5.37. The number of carbonyl (C=O) groups excluding carboxylic acids is 2. The molecule has 31 heavy (non-hydrogen) atoms. The molecule has 2 heterocycles. The van der Waals surface area contributed by atoms with Crippen LogP contribution in [-0.2, 0) is 10.5 Å². The molecule has 8 heteroatoms. The summed E-state index contributed by atoms with van der Waals surface area (Å²) >= 11 is 3.33. The highest BCUT2D eigenvalue weighted by Gasteiger charge is 2.25. The molecule has 0 unspecified atom stereocenters. The zero-order valence-corrected chi connectivity index (χ0v) is 19.0. The van der Waals surface area contributed by atoms with E-state index in [2.05, 4.69) is 16.4 Å². The van der Waals surface area contributed by atoms with Gasteiger partial charge < -0.3 is 15.0 Å². The predicted octanol–water partition coefficient (Wildman–Crippen LogP) is 4.94. The van der Waals surface area contributed by atoms with Crippen molar-refractivity contribution in [3.05, 3.63) is 59.7 Å². The second-order valence-corrected chi connectivity index (χ2v) is 9.58. The van der Waals surface area contributed by atoms with Crippen molar-refractivity contribution in [2.45, 2.75) is 35.9 Å². The van der Waals surface area contributed by atoms with Crippen molar-refractivity contribution in [2.24, 2.45) is 0 Å². The summed E-state index contributed by atoms with van der Waals surface area (Å²) in [5.41, 5.74) is 2.70. The van der Waals surface area contributed by atoms with Gasteiger partial charge in [-0.2, -0.15) is 0 Å². The van der Waals surface area contributed by atoms with Gasteiger partial charge in [0.05, 0.1) is 16.8 Å². The fourth-order valence-electron chi connectivity index (χ4n) is 3.60. The topological polar surface area (TPSA) is 71.5 Å². The van der Waals surface area contributed by atoms with Crippen molar-refractivity contribution in [1.82, 2.24) is 15.2 Å². The Kier molecular flexibility index (Phi) is 7.09.